The summed E-state index contributed by atoms with van der Waals surface area (Å²) in [7, 11) is 0. The molecule has 0 radical (unpaired) electrons. The molecule has 0 saturated heterocycles. The summed E-state index contributed by atoms with van der Waals surface area (Å²) in [5.41, 5.74) is 1.72. The molecule has 0 aliphatic heterocycles. The van der Waals surface area contributed by atoms with Crippen LogP contribution in [-0.4, -0.2) is 11.6 Å². The molecule has 0 saturated carbocycles. The monoisotopic (exact) mass is 332 g/mol. The number of rotatable bonds is 4. The van der Waals surface area contributed by atoms with Gasteiger partial charge in [-0.15, -0.1) is 0 Å². The summed E-state index contributed by atoms with van der Waals surface area (Å²) >= 11 is 9.41. The van der Waals surface area contributed by atoms with E-state index in [1.54, 1.807) is 0 Å². The van der Waals surface area contributed by atoms with Crippen LogP contribution >= 0.6 is 27.5 Å². The summed E-state index contributed by atoms with van der Waals surface area (Å²) in [6, 6.07) is 5.82. The normalized spacial score (nSPS) is 11.4. The first-order valence-electron chi connectivity index (χ1n) is 5.87. The Morgan fingerprint density at radius 2 is 2.06 bits per heavy atom. The predicted octanol–water partition coefficient (Wildman–Crippen LogP) is 4.51. The van der Waals surface area contributed by atoms with Crippen molar-refractivity contribution in [1.29, 1.82) is 0 Å². The highest BCUT2D eigenvalue weighted by atomic mass is 79.9. The minimum Gasteiger partial charge on any atom is -0.460 e. The SMILES string of the molecule is CC(C)(C)OC(=O)CCc1ccc(Cl)c(CBr)c1. The van der Waals surface area contributed by atoms with E-state index in [0.29, 0.717) is 18.2 Å². The lowest BCUT2D eigenvalue weighted by Crippen LogP contribution is -2.24. The third-order valence-electron chi connectivity index (χ3n) is 2.29. The molecule has 1 aromatic rings. The molecule has 1 aromatic carbocycles. The van der Waals surface area contributed by atoms with Crippen molar-refractivity contribution in [1.82, 2.24) is 0 Å². The number of carbonyl (C=O) groups is 1. The summed E-state index contributed by atoms with van der Waals surface area (Å²) in [6.07, 6.45) is 1.06. The van der Waals surface area contributed by atoms with Crippen molar-refractivity contribution in [3.63, 3.8) is 0 Å². The number of alkyl halides is 1. The Morgan fingerprint density at radius 1 is 1.39 bits per heavy atom. The van der Waals surface area contributed by atoms with E-state index in [2.05, 4.69) is 15.9 Å². The highest BCUT2D eigenvalue weighted by Gasteiger charge is 2.16. The van der Waals surface area contributed by atoms with Crippen LogP contribution in [-0.2, 0) is 21.3 Å². The minimum atomic E-state index is -0.419. The molecule has 1 rings (SSSR count). The third-order valence-corrected chi connectivity index (χ3v) is 3.26. The van der Waals surface area contributed by atoms with Gasteiger partial charge < -0.3 is 4.74 Å². The van der Waals surface area contributed by atoms with Gasteiger partial charge in [-0.3, -0.25) is 4.79 Å². The number of benzene rings is 1. The standard InChI is InChI=1S/C14H18BrClO2/c1-14(2,3)18-13(17)7-5-10-4-6-12(16)11(8-10)9-15/h4,6,8H,5,7,9H2,1-3H3. The summed E-state index contributed by atoms with van der Waals surface area (Å²) in [5.74, 6) is -0.169. The molecule has 0 aliphatic carbocycles. The van der Waals surface area contributed by atoms with Crippen molar-refractivity contribution in [2.24, 2.45) is 0 Å². The van der Waals surface area contributed by atoms with Gasteiger partial charge in [-0.1, -0.05) is 39.7 Å². The van der Waals surface area contributed by atoms with Crippen LogP contribution in [0.3, 0.4) is 0 Å². The first-order valence-corrected chi connectivity index (χ1v) is 7.37. The van der Waals surface area contributed by atoms with Gasteiger partial charge in [-0.2, -0.15) is 0 Å². The van der Waals surface area contributed by atoms with Crippen LogP contribution in [0.5, 0.6) is 0 Å². The Labute approximate surface area is 122 Å². The number of esters is 1. The van der Waals surface area contributed by atoms with Gasteiger partial charge in [0.25, 0.3) is 0 Å². The van der Waals surface area contributed by atoms with E-state index < -0.39 is 5.60 Å². The van der Waals surface area contributed by atoms with Crippen molar-refractivity contribution in [2.75, 3.05) is 0 Å². The molecule has 0 spiro atoms. The minimum absolute atomic E-state index is 0.169. The second kappa shape index (κ2) is 6.58. The smallest absolute Gasteiger partial charge is 0.306 e. The van der Waals surface area contributed by atoms with Gasteiger partial charge in [-0.05, 0) is 44.4 Å². The summed E-state index contributed by atoms with van der Waals surface area (Å²) in [5, 5.41) is 1.46. The van der Waals surface area contributed by atoms with Gasteiger partial charge in [0.05, 0.1) is 0 Å². The molecule has 18 heavy (non-hydrogen) atoms. The predicted molar refractivity (Wildman–Crippen MR) is 78.2 cm³/mol. The maximum absolute atomic E-state index is 11.6. The van der Waals surface area contributed by atoms with Gasteiger partial charge in [-0.25, -0.2) is 0 Å². The van der Waals surface area contributed by atoms with Gasteiger partial charge in [0.2, 0.25) is 0 Å². The first-order chi connectivity index (χ1) is 8.31. The topological polar surface area (TPSA) is 26.3 Å². The quantitative estimate of drug-likeness (QED) is 0.598. The van der Waals surface area contributed by atoms with E-state index >= 15 is 0 Å². The van der Waals surface area contributed by atoms with Crippen molar-refractivity contribution < 1.29 is 9.53 Å². The molecular weight excluding hydrogens is 316 g/mol. The van der Waals surface area contributed by atoms with Crippen LogP contribution in [0.25, 0.3) is 0 Å². The van der Waals surface area contributed by atoms with Crippen molar-refractivity contribution in [3.05, 3.63) is 34.3 Å². The Bertz CT molecular complexity index is 424. The van der Waals surface area contributed by atoms with Crippen molar-refractivity contribution in [3.8, 4) is 0 Å². The fourth-order valence-electron chi connectivity index (χ4n) is 1.52. The Hall–Kier alpha value is -0.540. The maximum atomic E-state index is 11.6. The van der Waals surface area contributed by atoms with Crippen LogP contribution in [0.15, 0.2) is 18.2 Å². The molecule has 2 nitrogen and oxygen atoms in total. The molecule has 0 N–H and O–H groups in total. The van der Waals surface area contributed by atoms with Crippen molar-refractivity contribution in [2.45, 2.75) is 44.5 Å². The Morgan fingerprint density at radius 3 is 2.61 bits per heavy atom. The molecule has 0 aromatic heterocycles. The van der Waals surface area contributed by atoms with E-state index in [-0.39, 0.29) is 5.97 Å². The number of hydrogen-bond donors (Lipinski definition) is 0. The number of aryl methyl sites for hydroxylation is 1. The molecular formula is C14H18BrClO2. The van der Waals surface area contributed by atoms with E-state index in [1.807, 2.05) is 39.0 Å². The van der Waals surface area contributed by atoms with Crippen LogP contribution in [0.2, 0.25) is 5.02 Å². The molecule has 100 valence electrons. The number of hydrogen-bond acceptors (Lipinski definition) is 2. The number of carbonyl (C=O) groups excluding carboxylic acids is 1. The van der Waals surface area contributed by atoms with E-state index in [1.165, 1.54) is 0 Å². The molecule has 0 amide bonds. The molecule has 0 bridgehead atoms. The highest BCUT2D eigenvalue weighted by Crippen LogP contribution is 2.21. The van der Waals surface area contributed by atoms with Gasteiger partial charge in [0.1, 0.15) is 5.60 Å². The molecule has 4 heteroatoms. The second-order valence-corrected chi connectivity index (χ2v) is 6.11. The third kappa shape index (κ3) is 5.40. The average Bonchev–Trinajstić information content (AvgIpc) is 2.25. The van der Waals surface area contributed by atoms with Crippen LogP contribution in [0.1, 0.15) is 38.3 Å². The zero-order valence-corrected chi connectivity index (χ0v) is 13.3. The van der Waals surface area contributed by atoms with Crippen molar-refractivity contribution >= 4 is 33.5 Å². The maximum Gasteiger partial charge on any atom is 0.306 e. The molecule has 0 fully saturated rings. The Kier molecular flexibility index (Phi) is 5.67. The molecule has 0 heterocycles. The second-order valence-electron chi connectivity index (χ2n) is 5.15. The average molecular weight is 334 g/mol. The van der Waals surface area contributed by atoms with Gasteiger partial charge in [0.15, 0.2) is 0 Å². The van der Waals surface area contributed by atoms with Crippen LogP contribution in [0, 0.1) is 0 Å². The highest BCUT2D eigenvalue weighted by molar-refractivity contribution is 9.08. The molecule has 0 aliphatic rings. The largest absolute Gasteiger partial charge is 0.460 e. The lowest BCUT2D eigenvalue weighted by Gasteiger charge is -2.19. The van der Waals surface area contributed by atoms with Crippen LogP contribution in [0.4, 0.5) is 0 Å². The van der Waals surface area contributed by atoms with E-state index in [4.69, 9.17) is 16.3 Å². The van der Waals surface area contributed by atoms with E-state index in [0.717, 1.165) is 16.1 Å². The summed E-state index contributed by atoms with van der Waals surface area (Å²) < 4.78 is 5.27. The zero-order chi connectivity index (χ0) is 13.8. The number of halogens is 2. The van der Waals surface area contributed by atoms with Gasteiger partial charge >= 0.3 is 5.97 Å². The summed E-state index contributed by atoms with van der Waals surface area (Å²) in [4.78, 5) is 11.6. The van der Waals surface area contributed by atoms with E-state index in [9.17, 15) is 4.79 Å². The number of ether oxygens (including phenoxy) is 1. The lowest BCUT2D eigenvalue weighted by molar-refractivity contribution is -0.154. The Balaban J connectivity index is 2.56. The first kappa shape index (κ1) is 15.5. The van der Waals surface area contributed by atoms with Gasteiger partial charge in [0, 0.05) is 16.8 Å². The fourth-order valence-corrected chi connectivity index (χ4v) is 2.33. The lowest BCUT2D eigenvalue weighted by atomic mass is 10.1. The molecule has 0 unspecified atom stereocenters. The fraction of sp³-hybridized carbons (Fsp3) is 0.500. The van der Waals surface area contributed by atoms with Crippen LogP contribution < -0.4 is 0 Å². The zero-order valence-electron chi connectivity index (χ0n) is 10.9. The molecule has 0 atom stereocenters. The summed E-state index contributed by atoms with van der Waals surface area (Å²) in [6.45, 7) is 5.61.